The summed E-state index contributed by atoms with van der Waals surface area (Å²) >= 11 is 0. The average molecular weight is 523 g/mol. The van der Waals surface area contributed by atoms with E-state index < -0.39 is 0 Å². The molecule has 3 aliphatic rings. The maximum absolute atomic E-state index is 5.50. The van der Waals surface area contributed by atoms with Crippen molar-refractivity contribution >= 4 is 33.2 Å². The molecule has 4 heterocycles. The molecule has 2 N–H and O–H groups in total. The van der Waals surface area contributed by atoms with Crippen LogP contribution in [0.4, 0.5) is 0 Å². The number of nitrogens with zero attached hydrogens (tertiary/aromatic N) is 2. The number of rotatable bonds is 7. The summed E-state index contributed by atoms with van der Waals surface area (Å²) < 4.78 is 11.0. The molecule has 7 rings (SSSR count). The Balaban J connectivity index is 1.22. The van der Waals surface area contributed by atoms with Crippen molar-refractivity contribution in [3.8, 4) is 11.5 Å². The lowest BCUT2D eigenvalue weighted by atomic mass is 9.74. The lowest BCUT2D eigenvalue weighted by Crippen LogP contribution is -2.27. The fourth-order valence-electron chi connectivity index (χ4n) is 7.34. The topological polar surface area (TPSA) is 74.8 Å². The van der Waals surface area contributed by atoms with E-state index in [0.717, 1.165) is 61.3 Å². The zero-order valence-electron chi connectivity index (χ0n) is 23.1. The van der Waals surface area contributed by atoms with Crippen LogP contribution in [0.15, 0.2) is 46.4 Å². The van der Waals surface area contributed by atoms with Crippen molar-refractivity contribution in [2.75, 3.05) is 27.3 Å². The van der Waals surface area contributed by atoms with Crippen LogP contribution in [0.1, 0.15) is 67.5 Å². The molecule has 0 amide bonds. The zero-order chi connectivity index (χ0) is 26.3. The molecular formula is C33H38N4O2. The maximum atomic E-state index is 5.50. The minimum absolute atomic E-state index is 0.529. The van der Waals surface area contributed by atoms with Gasteiger partial charge in [0.05, 0.1) is 37.0 Å². The van der Waals surface area contributed by atoms with Gasteiger partial charge in [-0.15, -0.1) is 0 Å². The molecule has 6 nitrogen and oxygen atoms in total. The van der Waals surface area contributed by atoms with E-state index in [0.29, 0.717) is 11.8 Å². The molecule has 202 valence electrons. The van der Waals surface area contributed by atoms with Crippen LogP contribution in [-0.4, -0.2) is 48.7 Å². The number of aromatic amines is 2. The number of aromatic nitrogens is 2. The maximum Gasteiger partial charge on any atom is 0.120 e. The average Bonchev–Trinajstić information content (AvgIpc) is 3.55. The first-order chi connectivity index (χ1) is 19.2. The van der Waals surface area contributed by atoms with Crippen LogP contribution in [0.5, 0.6) is 11.5 Å². The normalized spacial score (nSPS) is 17.7. The first kappa shape index (κ1) is 24.5. The number of nitrogens with one attached hydrogen (secondary N) is 2. The number of aliphatic imine (C=N–C) groups is 2. The van der Waals surface area contributed by atoms with Crippen molar-refractivity contribution in [1.82, 2.24) is 9.97 Å². The van der Waals surface area contributed by atoms with Gasteiger partial charge in [-0.1, -0.05) is 32.1 Å². The van der Waals surface area contributed by atoms with Crippen LogP contribution < -0.4 is 9.47 Å². The van der Waals surface area contributed by atoms with Gasteiger partial charge in [-0.25, -0.2) is 0 Å². The van der Waals surface area contributed by atoms with E-state index in [1.54, 1.807) is 14.2 Å². The first-order valence-electron chi connectivity index (χ1n) is 14.7. The fourth-order valence-corrected chi connectivity index (χ4v) is 7.34. The number of H-pyrrole nitrogens is 2. The van der Waals surface area contributed by atoms with Gasteiger partial charge >= 0.3 is 0 Å². The number of hydrogen-bond donors (Lipinski definition) is 2. The van der Waals surface area contributed by atoms with Crippen molar-refractivity contribution in [1.29, 1.82) is 0 Å². The Kier molecular flexibility index (Phi) is 6.42. The molecular weight excluding hydrogens is 484 g/mol. The highest BCUT2D eigenvalue weighted by Gasteiger charge is 2.31. The van der Waals surface area contributed by atoms with Gasteiger partial charge in [-0.3, -0.25) is 9.98 Å². The van der Waals surface area contributed by atoms with Gasteiger partial charge in [0.15, 0.2) is 0 Å². The van der Waals surface area contributed by atoms with Crippen molar-refractivity contribution in [3.05, 3.63) is 58.9 Å². The van der Waals surface area contributed by atoms with E-state index in [1.165, 1.54) is 76.8 Å². The van der Waals surface area contributed by atoms with Crippen LogP contribution in [0.3, 0.4) is 0 Å². The molecule has 0 radical (unpaired) electrons. The molecule has 2 aliphatic heterocycles. The van der Waals surface area contributed by atoms with E-state index in [9.17, 15) is 0 Å². The molecule has 0 unspecified atom stereocenters. The molecule has 6 heteroatoms. The SMILES string of the molecule is COc1ccc2c3c([nH]c2c1)C(CC(CC1=NCCc2c1[nH]c1cc(OC)ccc21)C1CCCCC1)=NCC3. The molecule has 0 saturated heterocycles. The molecule has 4 aromatic rings. The van der Waals surface area contributed by atoms with Gasteiger partial charge in [-0.2, -0.15) is 0 Å². The highest BCUT2D eigenvalue weighted by molar-refractivity contribution is 6.08. The zero-order valence-corrected chi connectivity index (χ0v) is 23.1. The molecule has 39 heavy (non-hydrogen) atoms. The Morgan fingerprint density at radius 3 is 1.74 bits per heavy atom. The third kappa shape index (κ3) is 4.44. The molecule has 2 aromatic carbocycles. The molecule has 1 saturated carbocycles. The fraction of sp³-hybridized carbons (Fsp3) is 0.455. The number of fused-ring (bicyclic) bond motifs is 6. The molecule has 0 bridgehead atoms. The summed E-state index contributed by atoms with van der Waals surface area (Å²) in [5.74, 6) is 3.03. The largest absolute Gasteiger partial charge is 0.497 e. The Morgan fingerprint density at radius 2 is 1.26 bits per heavy atom. The second-order valence-corrected chi connectivity index (χ2v) is 11.5. The van der Waals surface area contributed by atoms with Crippen LogP contribution in [0.25, 0.3) is 21.8 Å². The van der Waals surface area contributed by atoms with Gasteiger partial charge < -0.3 is 19.4 Å². The van der Waals surface area contributed by atoms with Crippen LogP contribution in [0, 0.1) is 11.8 Å². The number of benzene rings is 2. The minimum Gasteiger partial charge on any atom is -0.497 e. The number of methoxy groups -OCH3 is 2. The van der Waals surface area contributed by atoms with E-state index in [4.69, 9.17) is 19.5 Å². The highest BCUT2D eigenvalue weighted by Crippen LogP contribution is 2.39. The van der Waals surface area contributed by atoms with Gasteiger partial charge in [0.25, 0.3) is 0 Å². The highest BCUT2D eigenvalue weighted by atomic mass is 16.5. The Labute approximate surface area is 229 Å². The van der Waals surface area contributed by atoms with E-state index in [2.05, 4.69) is 46.4 Å². The lowest BCUT2D eigenvalue weighted by Gasteiger charge is -2.32. The monoisotopic (exact) mass is 522 g/mol. The van der Waals surface area contributed by atoms with Gasteiger partial charge in [0, 0.05) is 47.0 Å². The summed E-state index contributed by atoms with van der Waals surface area (Å²) in [5, 5.41) is 2.62. The van der Waals surface area contributed by atoms with Crippen molar-refractivity contribution in [2.45, 2.75) is 57.8 Å². The van der Waals surface area contributed by atoms with Gasteiger partial charge in [0.1, 0.15) is 11.5 Å². The number of ether oxygens (including phenoxy) is 2. The smallest absolute Gasteiger partial charge is 0.120 e. The second kappa shape index (κ2) is 10.2. The second-order valence-electron chi connectivity index (χ2n) is 11.5. The molecule has 0 atom stereocenters. The van der Waals surface area contributed by atoms with Crippen LogP contribution in [-0.2, 0) is 12.8 Å². The summed E-state index contributed by atoms with van der Waals surface area (Å²) in [5.41, 5.74) is 10.1. The van der Waals surface area contributed by atoms with Crippen molar-refractivity contribution < 1.29 is 9.47 Å². The Hall–Kier alpha value is -3.54. The lowest BCUT2D eigenvalue weighted by molar-refractivity contribution is 0.258. The molecule has 2 aromatic heterocycles. The third-order valence-electron chi connectivity index (χ3n) is 9.36. The van der Waals surface area contributed by atoms with Gasteiger partial charge in [0.2, 0.25) is 0 Å². The van der Waals surface area contributed by atoms with Crippen molar-refractivity contribution in [3.63, 3.8) is 0 Å². The van der Waals surface area contributed by atoms with Crippen LogP contribution >= 0.6 is 0 Å². The van der Waals surface area contributed by atoms with E-state index in [-0.39, 0.29) is 0 Å². The predicted molar refractivity (Wildman–Crippen MR) is 159 cm³/mol. The van der Waals surface area contributed by atoms with E-state index in [1.807, 2.05) is 0 Å². The summed E-state index contributed by atoms with van der Waals surface area (Å²) in [7, 11) is 3.46. The molecule has 1 aliphatic carbocycles. The first-order valence-corrected chi connectivity index (χ1v) is 14.7. The summed E-state index contributed by atoms with van der Waals surface area (Å²) in [6.45, 7) is 1.74. The molecule has 1 fully saturated rings. The standard InChI is InChI=1S/C33H38N4O2/c1-38-22-8-10-24-26-12-14-34-30(32(26)36-28(24)18-22)16-21(20-6-4-3-5-7-20)17-31-33-27(13-15-35-31)25-11-9-23(39-2)19-29(25)37-33/h8-11,18-21,36-37H,3-7,12-17H2,1-2H3. The van der Waals surface area contributed by atoms with Gasteiger partial charge in [-0.05, 0) is 72.9 Å². The van der Waals surface area contributed by atoms with Crippen molar-refractivity contribution in [2.24, 2.45) is 21.8 Å². The van der Waals surface area contributed by atoms with Crippen LogP contribution in [0.2, 0.25) is 0 Å². The molecule has 0 spiro atoms. The predicted octanol–water partition coefficient (Wildman–Crippen LogP) is 7.03. The Morgan fingerprint density at radius 1 is 0.744 bits per heavy atom. The summed E-state index contributed by atoms with van der Waals surface area (Å²) in [4.78, 5) is 17.7. The summed E-state index contributed by atoms with van der Waals surface area (Å²) in [6.07, 6.45) is 10.7. The Bertz CT molecular complexity index is 1470. The summed E-state index contributed by atoms with van der Waals surface area (Å²) in [6, 6.07) is 12.8. The minimum atomic E-state index is 0.529. The quantitative estimate of drug-likeness (QED) is 0.273. The third-order valence-corrected chi connectivity index (χ3v) is 9.36. The number of hydrogen-bond acceptors (Lipinski definition) is 4. The van der Waals surface area contributed by atoms with E-state index >= 15 is 0 Å².